The molecule has 46 valence electrons. The van der Waals surface area contributed by atoms with Crippen molar-refractivity contribution in [1.29, 1.82) is 0 Å². The van der Waals surface area contributed by atoms with E-state index in [9.17, 15) is 0 Å². The fourth-order valence-electron chi connectivity index (χ4n) is 0.360. The molecule has 2 heteroatoms. The summed E-state index contributed by atoms with van der Waals surface area (Å²) >= 11 is 0. The maximum Gasteiger partial charge on any atom is 0.186 e. The summed E-state index contributed by atoms with van der Waals surface area (Å²) in [6.07, 6.45) is 3.41. The first-order valence-corrected chi connectivity index (χ1v) is 2.39. The monoisotopic (exact) mass is 113 g/mol. The molecule has 0 atom stereocenters. The first-order valence-electron chi connectivity index (χ1n) is 2.39. The van der Waals surface area contributed by atoms with Gasteiger partial charge in [-0.15, -0.1) is 0 Å². The van der Waals surface area contributed by atoms with Crippen molar-refractivity contribution in [1.82, 2.24) is 5.32 Å². The minimum absolute atomic E-state index is 0.722. The highest BCUT2D eigenvalue weighted by Crippen LogP contribution is 1.85. The molecule has 0 radical (unpaired) electrons. The molecular weight excluding hydrogens is 102 g/mol. The number of hydrogen-bond donors (Lipinski definition) is 1. The third kappa shape index (κ3) is 2.29. The van der Waals surface area contributed by atoms with Crippen LogP contribution in [0.3, 0.4) is 0 Å². The zero-order chi connectivity index (χ0) is 6.41. The maximum absolute atomic E-state index is 4.82. The van der Waals surface area contributed by atoms with Gasteiger partial charge in [0, 0.05) is 7.05 Å². The lowest BCUT2D eigenvalue weighted by Crippen LogP contribution is -2.06. The number of allylic oxidation sites excluding steroid dienone is 2. The van der Waals surface area contributed by atoms with Crippen LogP contribution in [0, 0.1) is 0 Å². The molecule has 1 N–H and O–H groups in total. The average Bonchev–Trinajstić information content (AvgIpc) is 1.83. The van der Waals surface area contributed by atoms with Crippen molar-refractivity contribution < 1.29 is 4.74 Å². The molecule has 0 bridgehead atoms. The van der Waals surface area contributed by atoms with E-state index >= 15 is 0 Å². The molecule has 0 aliphatic rings. The third-order valence-electron chi connectivity index (χ3n) is 0.736. The van der Waals surface area contributed by atoms with E-state index in [-0.39, 0.29) is 0 Å². The quantitative estimate of drug-likeness (QED) is 0.433. The SMILES string of the molecule is C=C/C=C(\NC)OC. The van der Waals surface area contributed by atoms with E-state index in [0.29, 0.717) is 0 Å². The number of nitrogens with one attached hydrogen (secondary N) is 1. The summed E-state index contributed by atoms with van der Waals surface area (Å²) in [5.41, 5.74) is 0. The van der Waals surface area contributed by atoms with Gasteiger partial charge in [0.15, 0.2) is 5.88 Å². The first kappa shape index (κ1) is 7.08. The van der Waals surface area contributed by atoms with Crippen LogP contribution in [0.25, 0.3) is 0 Å². The van der Waals surface area contributed by atoms with Gasteiger partial charge in [0.1, 0.15) is 0 Å². The molecule has 0 saturated heterocycles. The van der Waals surface area contributed by atoms with E-state index in [2.05, 4.69) is 11.9 Å². The number of methoxy groups -OCH3 is 1. The van der Waals surface area contributed by atoms with Crippen molar-refractivity contribution in [3.63, 3.8) is 0 Å². The fraction of sp³-hybridized carbons (Fsp3) is 0.333. The van der Waals surface area contributed by atoms with Crippen LogP contribution in [0.4, 0.5) is 0 Å². The Morgan fingerprint density at radius 1 is 1.75 bits per heavy atom. The van der Waals surface area contributed by atoms with Crippen molar-refractivity contribution in [3.8, 4) is 0 Å². The zero-order valence-corrected chi connectivity index (χ0v) is 5.27. The smallest absolute Gasteiger partial charge is 0.186 e. The van der Waals surface area contributed by atoms with Gasteiger partial charge in [0.25, 0.3) is 0 Å². The summed E-state index contributed by atoms with van der Waals surface area (Å²) in [7, 11) is 3.39. The third-order valence-corrected chi connectivity index (χ3v) is 0.736. The second-order valence-corrected chi connectivity index (χ2v) is 1.22. The first-order chi connectivity index (χ1) is 3.85. The van der Waals surface area contributed by atoms with Crippen LogP contribution in [-0.2, 0) is 4.74 Å². The average molecular weight is 113 g/mol. The normalized spacial score (nSPS) is 10.5. The van der Waals surface area contributed by atoms with Gasteiger partial charge >= 0.3 is 0 Å². The second-order valence-electron chi connectivity index (χ2n) is 1.22. The van der Waals surface area contributed by atoms with E-state index in [1.54, 1.807) is 26.3 Å². The highest BCUT2D eigenvalue weighted by molar-refractivity contribution is 5.01. The Kier molecular flexibility index (Phi) is 3.76. The van der Waals surface area contributed by atoms with Crippen molar-refractivity contribution in [3.05, 3.63) is 24.6 Å². The number of hydrogen-bond acceptors (Lipinski definition) is 2. The Labute approximate surface area is 49.8 Å². The van der Waals surface area contributed by atoms with Crippen LogP contribution in [0.15, 0.2) is 24.6 Å². The molecular formula is C6H11NO. The van der Waals surface area contributed by atoms with Crippen molar-refractivity contribution in [2.75, 3.05) is 14.2 Å². The molecule has 0 aliphatic carbocycles. The highest BCUT2D eigenvalue weighted by atomic mass is 16.5. The predicted octanol–water partition coefficient (Wildman–Crippen LogP) is 0.880. The Morgan fingerprint density at radius 2 is 2.38 bits per heavy atom. The number of rotatable bonds is 3. The molecule has 0 fully saturated rings. The van der Waals surface area contributed by atoms with Crippen molar-refractivity contribution >= 4 is 0 Å². The van der Waals surface area contributed by atoms with Gasteiger partial charge < -0.3 is 10.1 Å². The van der Waals surface area contributed by atoms with Crippen LogP contribution in [0.5, 0.6) is 0 Å². The lowest BCUT2D eigenvalue weighted by atomic mass is 10.6. The van der Waals surface area contributed by atoms with E-state index in [4.69, 9.17) is 4.74 Å². The highest BCUT2D eigenvalue weighted by Gasteiger charge is 1.81. The summed E-state index contributed by atoms with van der Waals surface area (Å²) in [5.74, 6) is 0.722. The Hall–Kier alpha value is -0.920. The molecule has 0 aromatic carbocycles. The second kappa shape index (κ2) is 4.24. The fourth-order valence-corrected chi connectivity index (χ4v) is 0.360. The minimum atomic E-state index is 0.722. The predicted molar refractivity (Wildman–Crippen MR) is 34.3 cm³/mol. The van der Waals surface area contributed by atoms with Gasteiger partial charge in [-0.1, -0.05) is 12.7 Å². The summed E-state index contributed by atoms with van der Waals surface area (Å²) < 4.78 is 4.82. The summed E-state index contributed by atoms with van der Waals surface area (Å²) in [5, 5.41) is 2.82. The summed E-state index contributed by atoms with van der Waals surface area (Å²) in [6.45, 7) is 3.50. The lowest BCUT2D eigenvalue weighted by molar-refractivity contribution is 0.268. The molecule has 0 rings (SSSR count). The standard InChI is InChI=1S/C6H11NO/c1-4-5-6(7-2)8-3/h4-5,7H,1H2,2-3H3/b6-5+. The van der Waals surface area contributed by atoms with Gasteiger partial charge in [0.05, 0.1) is 7.11 Å². The molecule has 0 heterocycles. The van der Waals surface area contributed by atoms with E-state index in [0.717, 1.165) is 5.88 Å². The van der Waals surface area contributed by atoms with Gasteiger partial charge in [-0.05, 0) is 6.08 Å². The molecule has 0 aromatic heterocycles. The maximum atomic E-state index is 4.82. The molecule has 8 heavy (non-hydrogen) atoms. The molecule has 0 amide bonds. The topological polar surface area (TPSA) is 21.3 Å². The molecule has 0 aromatic rings. The van der Waals surface area contributed by atoms with Crippen molar-refractivity contribution in [2.45, 2.75) is 0 Å². The Balaban J connectivity index is 3.66. The van der Waals surface area contributed by atoms with Crippen LogP contribution < -0.4 is 5.32 Å². The van der Waals surface area contributed by atoms with Crippen LogP contribution in [0.2, 0.25) is 0 Å². The van der Waals surface area contributed by atoms with E-state index in [1.807, 2.05) is 0 Å². The van der Waals surface area contributed by atoms with Gasteiger partial charge in [-0.25, -0.2) is 0 Å². The zero-order valence-electron chi connectivity index (χ0n) is 5.27. The van der Waals surface area contributed by atoms with Gasteiger partial charge in [-0.3, -0.25) is 0 Å². The summed E-state index contributed by atoms with van der Waals surface area (Å²) in [6, 6.07) is 0. The molecule has 0 aliphatic heterocycles. The van der Waals surface area contributed by atoms with E-state index in [1.165, 1.54) is 0 Å². The molecule has 2 nitrogen and oxygen atoms in total. The molecule has 0 spiro atoms. The summed E-state index contributed by atoms with van der Waals surface area (Å²) in [4.78, 5) is 0. The molecule has 0 unspecified atom stereocenters. The Bertz CT molecular complexity index is 90.7. The van der Waals surface area contributed by atoms with Crippen LogP contribution in [0.1, 0.15) is 0 Å². The Morgan fingerprint density at radius 3 is 2.50 bits per heavy atom. The van der Waals surface area contributed by atoms with Gasteiger partial charge in [0.2, 0.25) is 0 Å². The van der Waals surface area contributed by atoms with Crippen LogP contribution >= 0.6 is 0 Å². The molecule has 0 saturated carbocycles. The van der Waals surface area contributed by atoms with Gasteiger partial charge in [-0.2, -0.15) is 0 Å². The number of ether oxygens (including phenoxy) is 1. The lowest BCUT2D eigenvalue weighted by Gasteiger charge is -2.00. The van der Waals surface area contributed by atoms with E-state index < -0.39 is 0 Å². The largest absolute Gasteiger partial charge is 0.483 e. The van der Waals surface area contributed by atoms with Crippen LogP contribution in [-0.4, -0.2) is 14.2 Å². The minimum Gasteiger partial charge on any atom is -0.483 e. The van der Waals surface area contributed by atoms with Crippen molar-refractivity contribution in [2.24, 2.45) is 0 Å².